The summed E-state index contributed by atoms with van der Waals surface area (Å²) < 4.78 is 0. The van der Waals surface area contributed by atoms with E-state index in [-0.39, 0.29) is 11.7 Å². The van der Waals surface area contributed by atoms with E-state index in [0.717, 1.165) is 5.56 Å². The molecule has 0 saturated heterocycles. The fourth-order valence-electron chi connectivity index (χ4n) is 1.82. The van der Waals surface area contributed by atoms with Crippen LogP contribution in [-0.4, -0.2) is 16.7 Å². The van der Waals surface area contributed by atoms with Crippen molar-refractivity contribution in [1.29, 1.82) is 0 Å². The highest BCUT2D eigenvalue weighted by atomic mass is 16.1. The second-order valence-electron chi connectivity index (χ2n) is 4.54. The molecule has 1 aromatic heterocycles. The van der Waals surface area contributed by atoms with Crippen molar-refractivity contribution in [2.45, 2.75) is 19.8 Å². The molecule has 0 bridgehead atoms. The first-order valence-electron chi connectivity index (χ1n) is 6.45. The molecule has 0 aliphatic heterocycles. The van der Waals surface area contributed by atoms with Crippen molar-refractivity contribution in [2.75, 3.05) is 5.32 Å². The van der Waals surface area contributed by atoms with E-state index in [2.05, 4.69) is 10.3 Å². The Morgan fingerprint density at radius 2 is 1.70 bits per heavy atom. The Labute approximate surface area is 117 Å². The number of Topliss-reactive ketones (excluding diaryl/α,β-unsaturated/α-hetero) is 1. The van der Waals surface area contributed by atoms with Gasteiger partial charge in [0.05, 0.1) is 0 Å². The van der Waals surface area contributed by atoms with Gasteiger partial charge < -0.3 is 5.32 Å². The Kier molecular flexibility index (Phi) is 4.60. The third-order valence-corrected chi connectivity index (χ3v) is 2.97. The van der Waals surface area contributed by atoms with Crippen LogP contribution in [0.5, 0.6) is 0 Å². The van der Waals surface area contributed by atoms with E-state index in [1.807, 2.05) is 12.1 Å². The Hall–Kier alpha value is -2.49. The number of hydrogen-bond acceptors (Lipinski definition) is 3. The van der Waals surface area contributed by atoms with E-state index in [4.69, 9.17) is 0 Å². The number of nitrogens with one attached hydrogen (secondary N) is 1. The Morgan fingerprint density at radius 1 is 1.05 bits per heavy atom. The van der Waals surface area contributed by atoms with Crippen molar-refractivity contribution < 1.29 is 9.59 Å². The van der Waals surface area contributed by atoms with E-state index in [0.29, 0.717) is 24.1 Å². The normalized spacial score (nSPS) is 10.1. The van der Waals surface area contributed by atoms with Crippen LogP contribution in [0.15, 0.2) is 48.8 Å². The number of hydrogen-bond donors (Lipinski definition) is 1. The predicted molar refractivity (Wildman–Crippen MR) is 77.6 cm³/mol. The third kappa shape index (κ3) is 4.02. The average Bonchev–Trinajstić information content (AvgIpc) is 2.47. The fraction of sp³-hybridized carbons (Fsp3) is 0.188. The predicted octanol–water partition coefficient (Wildman–Crippen LogP) is 2.86. The van der Waals surface area contributed by atoms with Crippen molar-refractivity contribution in [1.82, 2.24) is 4.98 Å². The molecule has 0 aliphatic rings. The summed E-state index contributed by atoms with van der Waals surface area (Å²) in [6.45, 7) is 1.52. The number of rotatable bonds is 5. The minimum absolute atomic E-state index is 0.0144. The Balaban J connectivity index is 1.86. The van der Waals surface area contributed by atoms with Crippen LogP contribution in [0.1, 0.15) is 29.3 Å². The van der Waals surface area contributed by atoms with Crippen molar-refractivity contribution in [3.05, 3.63) is 59.9 Å². The first-order chi connectivity index (χ1) is 9.65. The highest BCUT2D eigenvalue weighted by molar-refractivity contribution is 5.95. The molecule has 1 aromatic carbocycles. The van der Waals surface area contributed by atoms with Crippen LogP contribution in [0, 0.1) is 0 Å². The zero-order valence-electron chi connectivity index (χ0n) is 11.3. The quantitative estimate of drug-likeness (QED) is 0.848. The number of amides is 1. The molecular formula is C16H16N2O2. The van der Waals surface area contributed by atoms with E-state index < -0.39 is 0 Å². The monoisotopic (exact) mass is 268 g/mol. The standard InChI is InChI=1S/C16H16N2O2/c1-12(19)14-3-5-15(6-4-14)18-16(20)7-2-13-8-10-17-11-9-13/h3-6,8-11H,2,7H2,1H3,(H,18,20). The fourth-order valence-corrected chi connectivity index (χ4v) is 1.82. The second-order valence-corrected chi connectivity index (χ2v) is 4.54. The zero-order valence-corrected chi connectivity index (χ0v) is 11.3. The largest absolute Gasteiger partial charge is 0.326 e. The number of aryl methyl sites for hydroxylation is 1. The van der Waals surface area contributed by atoms with Crippen molar-refractivity contribution in [2.24, 2.45) is 0 Å². The van der Waals surface area contributed by atoms with Crippen LogP contribution in [0.3, 0.4) is 0 Å². The minimum atomic E-state index is -0.0441. The lowest BCUT2D eigenvalue weighted by Crippen LogP contribution is -2.12. The van der Waals surface area contributed by atoms with Gasteiger partial charge in [-0.15, -0.1) is 0 Å². The van der Waals surface area contributed by atoms with Gasteiger partial charge in [0.1, 0.15) is 0 Å². The lowest BCUT2D eigenvalue weighted by Gasteiger charge is -2.06. The van der Waals surface area contributed by atoms with Gasteiger partial charge in [-0.2, -0.15) is 0 Å². The molecule has 0 atom stereocenters. The van der Waals surface area contributed by atoms with Gasteiger partial charge in [0.25, 0.3) is 0 Å². The summed E-state index contributed by atoms with van der Waals surface area (Å²) in [5, 5.41) is 2.81. The van der Waals surface area contributed by atoms with Gasteiger partial charge in [0.2, 0.25) is 5.91 Å². The number of pyridine rings is 1. The van der Waals surface area contributed by atoms with Crippen LogP contribution in [0.25, 0.3) is 0 Å². The van der Waals surface area contributed by atoms with Crippen LogP contribution < -0.4 is 5.32 Å². The highest BCUT2D eigenvalue weighted by Crippen LogP contribution is 2.11. The zero-order chi connectivity index (χ0) is 14.4. The summed E-state index contributed by atoms with van der Waals surface area (Å²) in [5.74, 6) is -0.0297. The van der Waals surface area contributed by atoms with Gasteiger partial charge in [-0.05, 0) is 55.3 Å². The van der Waals surface area contributed by atoms with Gasteiger partial charge >= 0.3 is 0 Å². The van der Waals surface area contributed by atoms with Crippen molar-refractivity contribution in [3.8, 4) is 0 Å². The molecule has 0 radical (unpaired) electrons. The van der Waals surface area contributed by atoms with Gasteiger partial charge in [-0.3, -0.25) is 14.6 Å². The number of aromatic nitrogens is 1. The molecular weight excluding hydrogens is 252 g/mol. The average molecular weight is 268 g/mol. The molecule has 4 heteroatoms. The lowest BCUT2D eigenvalue weighted by molar-refractivity contribution is -0.116. The molecule has 1 N–H and O–H groups in total. The molecule has 4 nitrogen and oxygen atoms in total. The maximum atomic E-state index is 11.8. The minimum Gasteiger partial charge on any atom is -0.326 e. The topological polar surface area (TPSA) is 59.1 Å². The lowest BCUT2D eigenvalue weighted by atomic mass is 10.1. The van der Waals surface area contributed by atoms with E-state index in [1.165, 1.54) is 6.92 Å². The van der Waals surface area contributed by atoms with E-state index in [1.54, 1.807) is 36.7 Å². The summed E-state index contributed by atoms with van der Waals surface area (Å²) in [7, 11) is 0. The number of nitrogens with zero attached hydrogens (tertiary/aromatic N) is 1. The molecule has 20 heavy (non-hydrogen) atoms. The molecule has 1 amide bonds. The van der Waals surface area contributed by atoms with Crippen molar-refractivity contribution >= 4 is 17.4 Å². The SMILES string of the molecule is CC(=O)c1ccc(NC(=O)CCc2ccncc2)cc1. The molecule has 0 aliphatic carbocycles. The van der Waals surface area contributed by atoms with Crippen LogP contribution >= 0.6 is 0 Å². The number of anilines is 1. The Bertz CT molecular complexity index is 592. The number of ketones is 1. The summed E-state index contributed by atoms with van der Waals surface area (Å²) in [6.07, 6.45) is 4.53. The third-order valence-electron chi connectivity index (χ3n) is 2.97. The summed E-state index contributed by atoms with van der Waals surface area (Å²) in [6, 6.07) is 10.7. The van der Waals surface area contributed by atoms with E-state index in [9.17, 15) is 9.59 Å². The Morgan fingerprint density at radius 3 is 2.30 bits per heavy atom. The van der Waals surface area contributed by atoms with Crippen LogP contribution in [0.4, 0.5) is 5.69 Å². The van der Waals surface area contributed by atoms with Gasteiger partial charge in [0.15, 0.2) is 5.78 Å². The molecule has 1 heterocycles. The smallest absolute Gasteiger partial charge is 0.224 e. The molecule has 0 unspecified atom stereocenters. The molecule has 0 saturated carbocycles. The first-order valence-corrected chi connectivity index (χ1v) is 6.45. The summed E-state index contributed by atoms with van der Waals surface area (Å²) >= 11 is 0. The van der Waals surface area contributed by atoms with Crippen molar-refractivity contribution in [3.63, 3.8) is 0 Å². The maximum Gasteiger partial charge on any atom is 0.224 e. The second kappa shape index (κ2) is 6.61. The number of benzene rings is 1. The summed E-state index contributed by atoms with van der Waals surface area (Å²) in [4.78, 5) is 26.9. The first kappa shape index (κ1) is 13.9. The molecule has 0 fully saturated rings. The van der Waals surface area contributed by atoms with Crippen LogP contribution in [0.2, 0.25) is 0 Å². The molecule has 2 rings (SSSR count). The molecule has 0 spiro atoms. The van der Waals surface area contributed by atoms with Gasteiger partial charge in [-0.25, -0.2) is 0 Å². The number of carbonyl (C=O) groups excluding carboxylic acids is 2. The van der Waals surface area contributed by atoms with Gasteiger partial charge in [0, 0.05) is 30.1 Å². The molecule has 102 valence electrons. The number of carbonyl (C=O) groups is 2. The molecule has 2 aromatic rings. The van der Waals surface area contributed by atoms with Gasteiger partial charge in [-0.1, -0.05) is 0 Å². The maximum absolute atomic E-state index is 11.8. The summed E-state index contributed by atoms with van der Waals surface area (Å²) in [5.41, 5.74) is 2.43. The van der Waals surface area contributed by atoms with Crippen LogP contribution in [-0.2, 0) is 11.2 Å². The highest BCUT2D eigenvalue weighted by Gasteiger charge is 2.04. The van der Waals surface area contributed by atoms with E-state index >= 15 is 0 Å².